The monoisotopic (exact) mass is 390 g/mol. The minimum absolute atomic E-state index is 0.0723. The summed E-state index contributed by atoms with van der Waals surface area (Å²) >= 11 is 1.25. The van der Waals surface area contributed by atoms with Gasteiger partial charge in [0, 0.05) is 18.3 Å². The smallest absolute Gasteiger partial charge is 0.387 e. The number of amides is 1. The number of hydrogen-bond donors (Lipinski definition) is 1. The van der Waals surface area contributed by atoms with E-state index in [1.807, 2.05) is 30.3 Å². The molecule has 6 nitrogen and oxygen atoms in total. The molecule has 0 saturated carbocycles. The molecule has 0 bridgehead atoms. The molecule has 1 heterocycles. The van der Waals surface area contributed by atoms with Crippen LogP contribution in [-0.2, 0) is 11.8 Å². The van der Waals surface area contributed by atoms with Crippen molar-refractivity contribution in [2.24, 2.45) is 7.05 Å². The summed E-state index contributed by atoms with van der Waals surface area (Å²) in [5.41, 5.74) is 1.43. The van der Waals surface area contributed by atoms with Crippen LogP contribution in [0.4, 0.5) is 14.5 Å². The number of nitrogens with one attached hydrogen (secondary N) is 1. The van der Waals surface area contributed by atoms with E-state index in [9.17, 15) is 13.6 Å². The van der Waals surface area contributed by atoms with Crippen LogP contribution in [0.15, 0.2) is 59.8 Å². The zero-order valence-electron chi connectivity index (χ0n) is 14.3. The summed E-state index contributed by atoms with van der Waals surface area (Å²) < 4.78 is 30.5. The lowest BCUT2D eigenvalue weighted by Gasteiger charge is -2.07. The lowest BCUT2D eigenvalue weighted by molar-refractivity contribution is -0.113. The van der Waals surface area contributed by atoms with Crippen molar-refractivity contribution in [3.8, 4) is 17.1 Å². The van der Waals surface area contributed by atoms with E-state index >= 15 is 0 Å². The van der Waals surface area contributed by atoms with E-state index in [0.29, 0.717) is 16.5 Å². The SMILES string of the molecule is Cn1c(SCC(=O)Nc2ccccc2)nnc1-c1ccc(OC(F)F)cc1. The Bertz CT molecular complexity index is 901. The molecule has 0 saturated heterocycles. The van der Waals surface area contributed by atoms with Gasteiger partial charge in [-0.05, 0) is 36.4 Å². The molecule has 0 radical (unpaired) electrons. The van der Waals surface area contributed by atoms with Gasteiger partial charge in [-0.3, -0.25) is 4.79 Å². The highest BCUT2D eigenvalue weighted by atomic mass is 32.2. The molecule has 0 fully saturated rings. The van der Waals surface area contributed by atoms with Crippen molar-refractivity contribution in [3.05, 3.63) is 54.6 Å². The summed E-state index contributed by atoms with van der Waals surface area (Å²) in [6.07, 6.45) is 0. The Morgan fingerprint density at radius 3 is 2.52 bits per heavy atom. The highest BCUT2D eigenvalue weighted by Crippen LogP contribution is 2.25. The number of carbonyl (C=O) groups is 1. The van der Waals surface area contributed by atoms with Crippen LogP contribution in [0.5, 0.6) is 5.75 Å². The van der Waals surface area contributed by atoms with E-state index in [1.165, 1.54) is 23.9 Å². The van der Waals surface area contributed by atoms with Crippen molar-refractivity contribution in [1.29, 1.82) is 0 Å². The molecule has 0 aliphatic carbocycles. The Morgan fingerprint density at radius 2 is 1.85 bits per heavy atom. The Labute approximate surface area is 158 Å². The average Bonchev–Trinajstić information content (AvgIpc) is 3.02. The van der Waals surface area contributed by atoms with Crippen LogP contribution in [0.2, 0.25) is 0 Å². The van der Waals surface area contributed by atoms with Gasteiger partial charge in [-0.2, -0.15) is 8.78 Å². The maximum atomic E-state index is 12.2. The topological polar surface area (TPSA) is 69.0 Å². The zero-order chi connectivity index (χ0) is 19.2. The van der Waals surface area contributed by atoms with Gasteiger partial charge in [0.05, 0.1) is 5.75 Å². The van der Waals surface area contributed by atoms with Crippen molar-refractivity contribution in [2.75, 3.05) is 11.1 Å². The summed E-state index contributed by atoms with van der Waals surface area (Å²) in [7, 11) is 1.77. The van der Waals surface area contributed by atoms with Crippen LogP contribution < -0.4 is 10.1 Å². The summed E-state index contributed by atoms with van der Waals surface area (Å²) in [6.45, 7) is -2.87. The highest BCUT2D eigenvalue weighted by molar-refractivity contribution is 7.99. The Balaban J connectivity index is 1.62. The minimum atomic E-state index is -2.87. The third kappa shape index (κ3) is 5.04. The van der Waals surface area contributed by atoms with E-state index in [2.05, 4.69) is 20.3 Å². The third-order valence-corrected chi connectivity index (χ3v) is 4.58. The Kier molecular flexibility index (Phi) is 6.02. The molecule has 0 aliphatic rings. The number of carbonyl (C=O) groups excluding carboxylic acids is 1. The van der Waals surface area contributed by atoms with Gasteiger partial charge in [0.2, 0.25) is 5.91 Å². The van der Waals surface area contributed by atoms with E-state index in [-0.39, 0.29) is 17.4 Å². The fraction of sp³-hybridized carbons (Fsp3) is 0.167. The number of aromatic nitrogens is 3. The minimum Gasteiger partial charge on any atom is -0.435 e. The highest BCUT2D eigenvalue weighted by Gasteiger charge is 2.13. The summed E-state index contributed by atoms with van der Waals surface area (Å²) in [4.78, 5) is 12.0. The Morgan fingerprint density at radius 1 is 1.15 bits per heavy atom. The van der Waals surface area contributed by atoms with Gasteiger partial charge >= 0.3 is 6.61 Å². The number of para-hydroxylation sites is 1. The van der Waals surface area contributed by atoms with Gasteiger partial charge in [0.15, 0.2) is 11.0 Å². The number of nitrogens with zero attached hydrogens (tertiary/aromatic N) is 3. The molecule has 0 aliphatic heterocycles. The van der Waals surface area contributed by atoms with Crippen LogP contribution in [0.1, 0.15) is 0 Å². The molecule has 1 amide bonds. The predicted molar refractivity (Wildman–Crippen MR) is 98.9 cm³/mol. The second kappa shape index (κ2) is 8.63. The normalized spacial score (nSPS) is 10.8. The van der Waals surface area contributed by atoms with Gasteiger partial charge in [0.1, 0.15) is 5.75 Å². The lowest BCUT2D eigenvalue weighted by atomic mass is 10.2. The number of halogens is 2. The second-order valence-electron chi connectivity index (χ2n) is 5.47. The standard InChI is InChI=1S/C18H16F2N4O2S/c1-24-16(12-7-9-14(10-8-12)26-17(19)20)22-23-18(24)27-11-15(25)21-13-5-3-2-4-6-13/h2-10,17H,11H2,1H3,(H,21,25). The number of anilines is 1. The number of benzene rings is 2. The first kappa shape index (κ1) is 18.8. The molecular weight excluding hydrogens is 374 g/mol. The van der Waals surface area contributed by atoms with Crippen LogP contribution in [0, 0.1) is 0 Å². The second-order valence-corrected chi connectivity index (χ2v) is 6.41. The van der Waals surface area contributed by atoms with Gasteiger partial charge in [-0.25, -0.2) is 0 Å². The van der Waals surface area contributed by atoms with Gasteiger partial charge in [0.25, 0.3) is 0 Å². The van der Waals surface area contributed by atoms with E-state index in [4.69, 9.17) is 0 Å². The maximum absolute atomic E-state index is 12.2. The predicted octanol–water partition coefficient (Wildman–Crippen LogP) is 3.81. The van der Waals surface area contributed by atoms with E-state index in [1.54, 1.807) is 23.7 Å². The third-order valence-electron chi connectivity index (χ3n) is 3.56. The van der Waals surface area contributed by atoms with Gasteiger partial charge < -0.3 is 14.6 Å². The van der Waals surface area contributed by atoms with Crippen molar-refractivity contribution < 1.29 is 18.3 Å². The molecule has 0 unspecified atom stereocenters. The molecule has 140 valence electrons. The number of rotatable bonds is 7. The zero-order valence-corrected chi connectivity index (χ0v) is 15.1. The quantitative estimate of drug-likeness (QED) is 0.621. The molecule has 0 spiro atoms. The molecule has 0 atom stereocenters. The van der Waals surface area contributed by atoms with E-state index in [0.717, 1.165) is 5.69 Å². The van der Waals surface area contributed by atoms with Crippen molar-refractivity contribution in [3.63, 3.8) is 0 Å². The maximum Gasteiger partial charge on any atom is 0.387 e. The summed E-state index contributed by atoms with van der Waals surface area (Å²) in [5, 5.41) is 11.6. The van der Waals surface area contributed by atoms with Crippen LogP contribution in [0.3, 0.4) is 0 Å². The summed E-state index contributed by atoms with van der Waals surface area (Å²) in [6, 6.07) is 15.3. The van der Waals surface area contributed by atoms with E-state index < -0.39 is 6.61 Å². The molecule has 9 heteroatoms. The first-order valence-corrected chi connectivity index (χ1v) is 8.94. The first-order valence-electron chi connectivity index (χ1n) is 7.95. The number of thioether (sulfide) groups is 1. The van der Waals surface area contributed by atoms with Crippen molar-refractivity contribution in [2.45, 2.75) is 11.8 Å². The first-order chi connectivity index (χ1) is 13.0. The van der Waals surface area contributed by atoms with Crippen LogP contribution >= 0.6 is 11.8 Å². The summed E-state index contributed by atoms with van der Waals surface area (Å²) in [5.74, 6) is 0.666. The molecule has 2 aromatic carbocycles. The number of hydrogen-bond acceptors (Lipinski definition) is 5. The molecule has 3 rings (SSSR count). The Hall–Kier alpha value is -2.94. The van der Waals surface area contributed by atoms with Crippen LogP contribution in [0.25, 0.3) is 11.4 Å². The molecule has 27 heavy (non-hydrogen) atoms. The average molecular weight is 390 g/mol. The fourth-order valence-electron chi connectivity index (χ4n) is 2.33. The molecule has 1 aromatic heterocycles. The number of alkyl halides is 2. The molecule has 3 aromatic rings. The molecular formula is C18H16F2N4O2S. The number of ether oxygens (including phenoxy) is 1. The van der Waals surface area contributed by atoms with Gasteiger partial charge in [-0.15, -0.1) is 10.2 Å². The fourth-order valence-corrected chi connectivity index (χ4v) is 3.04. The van der Waals surface area contributed by atoms with Crippen molar-refractivity contribution in [1.82, 2.24) is 14.8 Å². The van der Waals surface area contributed by atoms with Crippen LogP contribution in [-0.4, -0.2) is 33.0 Å². The van der Waals surface area contributed by atoms with Gasteiger partial charge in [-0.1, -0.05) is 30.0 Å². The lowest BCUT2D eigenvalue weighted by Crippen LogP contribution is -2.14. The van der Waals surface area contributed by atoms with Crippen molar-refractivity contribution >= 4 is 23.4 Å². The molecule has 1 N–H and O–H groups in total. The largest absolute Gasteiger partial charge is 0.435 e.